The van der Waals surface area contributed by atoms with E-state index < -0.39 is 0 Å². The highest BCUT2D eigenvalue weighted by Gasteiger charge is 2.26. The first-order chi connectivity index (χ1) is 12.2. The zero-order valence-electron chi connectivity index (χ0n) is 14.1. The van der Waals surface area contributed by atoms with E-state index in [4.69, 9.17) is 9.47 Å². The second-order valence-electron chi connectivity index (χ2n) is 6.30. The first-order valence-electron chi connectivity index (χ1n) is 8.39. The number of carbonyl (C=O) groups is 1. The van der Waals surface area contributed by atoms with Crippen LogP contribution in [0.15, 0.2) is 30.7 Å². The molecule has 2 aromatic rings. The van der Waals surface area contributed by atoms with Crippen molar-refractivity contribution in [3.05, 3.63) is 47.5 Å². The molecule has 0 saturated heterocycles. The van der Waals surface area contributed by atoms with Crippen molar-refractivity contribution in [2.75, 3.05) is 13.3 Å². The summed E-state index contributed by atoms with van der Waals surface area (Å²) >= 11 is 0. The van der Waals surface area contributed by atoms with Crippen molar-refractivity contribution in [2.45, 2.75) is 32.5 Å². The highest BCUT2D eigenvalue weighted by atomic mass is 16.7. The van der Waals surface area contributed by atoms with E-state index in [1.807, 2.05) is 31.3 Å². The van der Waals surface area contributed by atoms with Gasteiger partial charge in [-0.05, 0) is 36.6 Å². The zero-order valence-corrected chi connectivity index (χ0v) is 14.1. The van der Waals surface area contributed by atoms with Gasteiger partial charge in [0.1, 0.15) is 6.33 Å². The predicted molar refractivity (Wildman–Crippen MR) is 90.0 cm³/mol. The van der Waals surface area contributed by atoms with Crippen molar-refractivity contribution < 1.29 is 14.3 Å². The summed E-state index contributed by atoms with van der Waals surface area (Å²) in [5.74, 6) is 1.49. The van der Waals surface area contributed by atoms with Crippen molar-refractivity contribution >= 4 is 5.91 Å². The molecule has 1 aromatic heterocycles. The molecule has 1 unspecified atom stereocenters. The number of aromatic nitrogens is 2. The Hall–Kier alpha value is -2.67. The molecule has 0 bridgehead atoms. The molecule has 4 rings (SSSR count). The molecule has 1 atom stereocenters. The van der Waals surface area contributed by atoms with Crippen LogP contribution in [0.1, 0.15) is 23.7 Å². The molecule has 0 fully saturated rings. The summed E-state index contributed by atoms with van der Waals surface area (Å²) in [7, 11) is 0. The maximum Gasteiger partial charge on any atom is 0.237 e. The van der Waals surface area contributed by atoms with Crippen LogP contribution in [0.3, 0.4) is 0 Å². The molecule has 130 valence electrons. The predicted octanol–water partition coefficient (Wildman–Crippen LogP) is 1.27. The van der Waals surface area contributed by atoms with E-state index in [9.17, 15) is 4.79 Å². The van der Waals surface area contributed by atoms with Gasteiger partial charge < -0.3 is 14.8 Å². The van der Waals surface area contributed by atoms with Gasteiger partial charge in [0.05, 0.1) is 11.7 Å². The van der Waals surface area contributed by atoms with Crippen molar-refractivity contribution in [1.82, 2.24) is 20.2 Å². The monoisotopic (exact) mass is 340 g/mol. The van der Waals surface area contributed by atoms with Gasteiger partial charge in [-0.15, -0.1) is 0 Å². The standard InChI is InChI=1S/C18H20N4O3/c1-12(22-5-4-14-8-19-10-21-15(14)9-22)18(23)20-7-13-2-3-16-17(6-13)25-11-24-16/h2-3,6,8,10,12H,4-5,7,9,11H2,1H3,(H,20,23). The number of carbonyl (C=O) groups excluding carboxylic acids is 1. The lowest BCUT2D eigenvalue weighted by molar-refractivity contribution is -0.126. The van der Waals surface area contributed by atoms with Crippen LogP contribution in [0.25, 0.3) is 0 Å². The summed E-state index contributed by atoms with van der Waals surface area (Å²) in [6.07, 6.45) is 4.30. The fourth-order valence-corrected chi connectivity index (χ4v) is 3.15. The molecular formula is C18H20N4O3. The van der Waals surface area contributed by atoms with Crippen molar-refractivity contribution in [3.8, 4) is 11.5 Å². The van der Waals surface area contributed by atoms with Gasteiger partial charge in [-0.3, -0.25) is 9.69 Å². The number of benzene rings is 1. The van der Waals surface area contributed by atoms with Crippen LogP contribution in [-0.4, -0.2) is 40.2 Å². The summed E-state index contributed by atoms with van der Waals surface area (Å²) in [5, 5.41) is 3.00. The number of amides is 1. The molecule has 2 aliphatic heterocycles. The van der Waals surface area contributed by atoms with E-state index >= 15 is 0 Å². The topological polar surface area (TPSA) is 76.6 Å². The van der Waals surface area contributed by atoms with Gasteiger partial charge in [-0.1, -0.05) is 6.07 Å². The van der Waals surface area contributed by atoms with Crippen LogP contribution in [0.5, 0.6) is 11.5 Å². The smallest absolute Gasteiger partial charge is 0.237 e. The van der Waals surface area contributed by atoms with E-state index in [1.165, 1.54) is 5.56 Å². The minimum absolute atomic E-state index is 0.00942. The average molecular weight is 340 g/mol. The molecule has 25 heavy (non-hydrogen) atoms. The van der Waals surface area contributed by atoms with Gasteiger partial charge in [0.15, 0.2) is 11.5 Å². The van der Waals surface area contributed by atoms with Crippen molar-refractivity contribution in [3.63, 3.8) is 0 Å². The molecule has 1 aromatic carbocycles. The number of hydrogen-bond donors (Lipinski definition) is 1. The molecule has 0 aliphatic carbocycles. The number of nitrogens with one attached hydrogen (secondary N) is 1. The fraction of sp³-hybridized carbons (Fsp3) is 0.389. The lowest BCUT2D eigenvalue weighted by Crippen LogP contribution is -2.47. The van der Waals surface area contributed by atoms with Gasteiger partial charge in [0, 0.05) is 25.8 Å². The Morgan fingerprint density at radius 2 is 2.24 bits per heavy atom. The second-order valence-corrected chi connectivity index (χ2v) is 6.30. The highest BCUT2D eigenvalue weighted by molar-refractivity contribution is 5.81. The van der Waals surface area contributed by atoms with Crippen molar-refractivity contribution in [1.29, 1.82) is 0 Å². The fourth-order valence-electron chi connectivity index (χ4n) is 3.15. The summed E-state index contributed by atoms with van der Waals surface area (Å²) in [4.78, 5) is 23.1. The quantitative estimate of drug-likeness (QED) is 0.903. The first-order valence-corrected chi connectivity index (χ1v) is 8.39. The van der Waals surface area contributed by atoms with Crippen LogP contribution in [0.2, 0.25) is 0 Å². The summed E-state index contributed by atoms with van der Waals surface area (Å²) in [5.41, 5.74) is 3.17. The van der Waals surface area contributed by atoms with E-state index in [2.05, 4.69) is 20.2 Å². The van der Waals surface area contributed by atoms with Crippen LogP contribution in [0, 0.1) is 0 Å². The molecular weight excluding hydrogens is 320 g/mol. The zero-order chi connectivity index (χ0) is 17.2. The van der Waals surface area contributed by atoms with Crippen LogP contribution < -0.4 is 14.8 Å². The Balaban J connectivity index is 1.35. The molecule has 3 heterocycles. The van der Waals surface area contributed by atoms with Gasteiger partial charge in [0.25, 0.3) is 0 Å². The maximum atomic E-state index is 12.5. The highest BCUT2D eigenvalue weighted by Crippen LogP contribution is 2.32. The lowest BCUT2D eigenvalue weighted by Gasteiger charge is -2.31. The van der Waals surface area contributed by atoms with E-state index in [1.54, 1.807) is 6.33 Å². The maximum absolute atomic E-state index is 12.5. The Bertz CT molecular complexity index is 796. The number of rotatable bonds is 4. The number of ether oxygens (including phenoxy) is 2. The lowest BCUT2D eigenvalue weighted by atomic mass is 10.1. The largest absolute Gasteiger partial charge is 0.454 e. The van der Waals surface area contributed by atoms with Gasteiger partial charge in [0.2, 0.25) is 12.7 Å². The SMILES string of the molecule is CC(C(=O)NCc1ccc2c(c1)OCO2)N1CCc2cncnc2C1. The van der Waals surface area contributed by atoms with E-state index in [0.29, 0.717) is 13.1 Å². The molecule has 0 spiro atoms. The minimum atomic E-state index is -0.211. The van der Waals surface area contributed by atoms with Gasteiger partial charge in [-0.25, -0.2) is 9.97 Å². The van der Waals surface area contributed by atoms with Crippen LogP contribution >= 0.6 is 0 Å². The molecule has 1 amide bonds. The number of fused-ring (bicyclic) bond motifs is 2. The van der Waals surface area contributed by atoms with E-state index in [-0.39, 0.29) is 18.7 Å². The Morgan fingerprint density at radius 3 is 3.16 bits per heavy atom. The molecule has 7 nitrogen and oxygen atoms in total. The summed E-state index contributed by atoms with van der Waals surface area (Å²) in [6.45, 7) is 4.16. The third kappa shape index (κ3) is 3.28. The molecule has 1 N–H and O–H groups in total. The Labute approximate surface area is 146 Å². The second kappa shape index (κ2) is 6.68. The van der Waals surface area contributed by atoms with Crippen molar-refractivity contribution in [2.24, 2.45) is 0 Å². The normalized spacial score (nSPS) is 17.0. The number of hydrogen-bond acceptors (Lipinski definition) is 6. The van der Waals surface area contributed by atoms with E-state index in [0.717, 1.165) is 35.7 Å². The Morgan fingerprint density at radius 1 is 1.36 bits per heavy atom. The Kier molecular flexibility index (Phi) is 4.23. The van der Waals surface area contributed by atoms with Crippen LogP contribution in [0.4, 0.5) is 0 Å². The summed E-state index contributed by atoms with van der Waals surface area (Å²) < 4.78 is 10.7. The van der Waals surface area contributed by atoms with Gasteiger partial charge >= 0.3 is 0 Å². The molecule has 7 heteroatoms. The van der Waals surface area contributed by atoms with Crippen LogP contribution in [-0.2, 0) is 24.3 Å². The molecule has 0 radical (unpaired) electrons. The molecule has 2 aliphatic rings. The first kappa shape index (κ1) is 15.8. The summed E-state index contributed by atoms with van der Waals surface area (Å²) in [6, 6.07) is 5.50. The minimum Gasteiger partial charge on any atom is -0.454 e. The third-order valence-electron chi connectivity index (χ3n) is 4.73. The number of nitrogens with zero attached hydrogens (tertiary/aromatic N) is 3. The van der Waals surface area contributed by atoms with Gasteiger partial charge in [-0.2, -0.15) is 0 Å². The third-order valence-corrected chi connectivity index (χ3v) is 4.73. The average Bonchev–Trinajstić information content (AvgIpc) is 3.13. The molecule has 0 saturated carbocycles.